The molecule has 1 N–H and O–H groups in total. The fourth-order valence-corrected chi connectivity index (χ4v) is 4.57. The highest BCUT2D eigenvalue weighted by atomic mass is 35.5. The summed E-state index contributed by atoms with van der Waals surface area (Å²) in [5, 5.41) is 9.60. The van der Waals surface area contributed by atoms with Crippen LogP contribution in [0.4, 0.5) is 18.9 Å². The summed E-state index contributed by atoms with van der Waals surface area (Å²) in [4.78, 5) is 26.5. The maximum absolute atomic E-state index is 13.5. The number of nitrogens with zero attached hydrogens (tertiary/aromatic N) is 1. The number of carboxylic acid groups (broad SMARTS) is 1. The number of ether oxygens (including phenoxy) is 2. The van der Waals surface area contributed by atoms with E-state index in [1.54, 1.807) is 48.5 Å². The molecule has 6 nitrogen and oxygen atoms in total. The molecule has 3 atom stereocenters. The lowest BCUT2D eigenvalue weighted by atomic mass is 9.88. The fraction of sp³-hybridized carbons (Fsp3) is 0.259. The van der Waals surface area contributed by atoms with E-state index < -0.39 is 36.1 Å². The summed E-state index contributed by atoms with van der Waals surface area (Å²) in [6.45, 7) is 3.46. The van der Waals surface area contributed by atoms with Gasteiger partial charge in [0.15, 0.2) is 11.9 Å². The number of carboxylic acids is 1. The molecule has 1 aliphatic heterocycles. The Hall–Kier alpha value is -3.72. The first-order valence-corrected chi connectivity index (χ1v) is 11.8. The Morgan fingerprint density at radius 3 is 2.41 bits per heavy atom. The number of rotatable bonds is 8. The highest BCUT2D eigenvalue weighted by Gasteiger charge is 2.41. The van der Waals surface area contributed by atoms with Gasteiger partial charge in [-0.25, -0.2) is 4.79 Å². The number of benzene rings is 3. The molecule has 10 heteroatoms. The molecular formula is C27H23ClF3NO5. The summed E-state index contributed by atoms with van der Waals surface area (Å²) in [5.74, 6) is -2.02. The summed E-state index contributed by atoms with van der Waals surface area (Å²) in [6.07, 6.45) is -5.93. The third-order valence-electron chi connectivity index (χ3n) is 6.18. The monoisotopic (exact) mass is 533 g/mol. The number of anilines is 1. The molecule has 0 saturated carbocycles. The van der Waals surface area contributed by atoms with Crippen LogP contribution >= 0.6 is 11.6 Å². The van der Waals surface area contributed by atoms with E-state index in [0.717, 1.165) is 5.56 Å². The normalized spacial score (nSPS) is 17.7. The van der Waals surface area contributed by atoms with E-state index in [4.69, 9.17) is 21.4 Å². The molecule has 3 aromatic rings. The topological polar surface area (TPSA) is 76.1 Å². The minimum atomic E-state index is -4.87. The second-order valence-electron chi connectivity index (χ2n) is 8.73. The Kier molecular flexibility index (Phi) is 7.36. The number of hydrogen-bond donors (Lipinski definition) is 1. The Morgan fingerprint density at radius 2 is 1.76 bits per heavy atom. The van der Waals surface area contributed by atoms with E-state index in [-0.39, 0.29) is 12.3 Å². The number of hydrogen-bond acceptors (Lipinski definition) is 5. The summed E-state index contributed by atoms with van der Waals surface area (Å²) in [6, 6.07) is 16.8. The first-order chi connectivity index (χ1) is 17.4. The zero-order chi connectivity index (χ0) is 26.9. The van der Waals surface area contributed by atoms with Crippen LogP contribution in [0.25, 0.3) is 0 Å². The molecule has 0 aliphatic carbocycles. The average Bonchev–Trinajstić information content (AvgIpc) is 3.09. The lowest BCUT2D eigenvalue weighted by Gasteiger charge is -2.27. The lowest BCUT2D eigenvalue weighted by Crippen LogP contribution is -2.34. The van der Waals surface area contributed by atoms with E-state index >= 15 is 0 Å². The van der Waals surface area contributed by atoms with Gasteiger partial charge in [-0.3, -0.25) is 4.79 Å². The number of halogens is 4. The van der Waals surface area contributed by atoms with Crippen LogP contribution in [-0.4, -0.2) is 35.4 Å². The molecule has 0 spiro atoms. The Morgan fingerprint density at radius 1 is 1.05 bits per heavy atom. The minimum Gasteiger partial charge on any atom is -0.479 e. The highest BCUT2D eigenvalue weighted by molar-refractivity contribution is 6.30. The van der Waals surface area contributed by atoms with Crippen molar-refractivity contribution < 1.29 is 37.3 Å². The van der Waals surface area contributed by atoms with Gasteiger partial charge in [0.1, 0.15) is 11.5 Å². The summed E-state index contributed by atoms with van der Waals surface area (Å²) in [5.41, 5.74) is 2.16. The van der Waals surface area contributed by atoms with Crippen LogP contribution in [0.15, 0.2) is 66.7 Å². The maximum Gasteiger partial charge on any atom is 0.573 e. The van der Waals surface area contributed by atoms with Crippen molar-refractivity contribution in [2.24, 2.45) is 0 Å². The van der Waals surface area contributed by atoms with Crippen LogP contribution in [0.5, 0.6) is 11.5 Å². The van der Waals surface area contributed by atoms with Gasteiger partial charge in [0.05, 0.1) is 5.92 Å². The first-order valence-electron chi connectivity index (χ1n) is 11.4. The van der Waals surface area contributed by atoms with Gasteiger partial charge in [-0.05, 0) is 67.4 Å². The number of alkyl halides is 3. The van der Waals surface area contributed by atoms with E-state index in [2.05, 4.69) is 4.74 Å². The van der Waals surface area contributed by atoms with Crippen molar-refractivity contribution in [1.82, 2.24) is 0 Å². The lowest BCUT2D eigenvalue weighted by molar-refractivity contribution is -0.274. The smallest absolute Gasteiger partial charge is 0.479 e. The third kappa shape index (κ3) is 5.99. The summed E-state index contributed by atoms with van der Waals surface area (Å²) in [7, 11) is 0. The van der Waals surface area contributed by atoms with Crippen LogP contribution in [0.2, 0.25) is 5.02 Å². The molecule has 2 unspecified atom stereocenters. The molecule has 0 radical (unpaired) electrons. The zero-order valence-corrected chi connectivity index (χ0v) is 20.6. The molecule has 0 aromatic heterocycles. The number of Topliss-reactive ketones (excluding diaryl/α,β-unsaturated/α-hetero) is 1. The predicted octanol–water partition coefficient (Wildman–Crippen LogP) is 6.47. The molecule has 3 aromatic carbocycles. The van der Waals surface area contributed by atoms with Crippen molar-refractivity contribution in [3.05, 3.63) is 88.4 Å². The van der Waals surface area contributed by atoms with E-state index in [9.17, 15) is 22.8 Å². The molecule has 1 aliphatic rings. The Bertz CT molecular complexity index is 1310. The van der Waals surface area contributed by atoms with Crippen molar-refractivity contribution in [3.63, 3.8) is 0 Å². The molecule has 0 fully saturated rings. The van der Waals surface area contributed by atoms with Crippen molar-refractivity contribution in [2.45, 2.75) is 44.8 Å². The average molecular weight is 534 g/mol. The summed E-state index contributed by atoms with van der Waals surface area (Å²) >= 11 is 5.96. The molecule has 194 valence electrons. The largest absolute Gasteiger partial charge is 0.573 e. The molecule has 4 rings (SSSR count). The molecule has 0 bridgehead atoms. The van der Waals surface area contributed by atoms with Gasteiger partial charge >= 0.3 is 12.3 Å². The van der Waals surface area contributed by atoms with Gasteiger partial charge < -0.3 is 19.5 Å². The fourth-order valence-electron chi connectivity index (χ4n) is 4.44. The highest BCUT2D eigenvalue weighted by Crippen LogP contribution is 2.45. The van der Waals surface area contributed by atoms with Gasteiger partial charge in [0.2, 0.25) is 0 Å². The first kappa shape index (κ1) is 26.3. The van der Waals surface area contributed by atoms with E-state index in [0.29, 0.717) is 27.6 Å². The Labute approximate surface area is 216 Å². The number of ketones is 1. The van der Waals surface area contributed by atoms with Crippen molar-refractivity contribution in [2.75, 3.05) is 4.90 Å². The van der Waals surface area contributed by atoms with Gasteiger partial charge in [0, 0.05) is 34.9 Å². The third-order valence-corrected chi connectivity index (χ3v) is 6.43. The van der Waals surface area contributed by atoms with Crippen LogP contribution in [0.3, 0.4) is 0 Å². The molecule has 37 heavy (non-hydrogen) atoms. The van der Waals surface area contributed by atoms with Crippen LogP contribution in [-0.2, 0) is 11.3 Å². The molecule has 0 amide bonds. The Balaban J connectivity index is 1.70. The number of carbonyl (C=O) groups is 2. The predicted molar refractivity (Wildman–Crippen MR) is 131 cm³/mol. The van der Waals surface area contributed by atoms with Crippen molar-refractivity contribution >= 4 is 29.0 Å². The SMILES string of the molecule is CC1C(C(=O)c2ccc(Cl)cc2)c2ccc(OC(F)(F)F)cc2N1Cc1cccc(O[C@H](C)C(=O)O)c1. The minimum absolute atomic E-state index is 0.190. The van der Waals surface area contributed by atoms with Gasteiger partial charge in [-0.15, -0.1) is 13.2 Å². The second kappa shape index (κ2) is 10.3. The van der Waals surface area contributed by atoms with E-state index in [1.165, 1.54) is 25.1 Å². The number of aliphatic carboxylic acids is 1. The number of carbonyl (C=O) groups excluding carboxylic acids is 1. The van der Waals surface area contributed by atoms with Crippen LogP contribution in [0, 0.1) is 0 Å². The van der Waals surface area contributed by atoms with Gasteiger partial charge in [0.25, 0.3) is 0 Å². The zero-order valence-electron chi connectivity index (χ0n) is 19.8. The molecule has 0 saturated heterocycles. The maximum atomic E-state index is 13.5. The molecule has 1 heterocycles. The van der Waals surface area contributed by atoms with E-state index in [1.807, 2.05) is 11.8 Å². The van der Waals surface area contributed by atoms with Crippen molar-refractivity contribution in [3.8, 4) is 11.5 Å². The van der Waals surface area contributed by atoms with Crippen LogP contribution in [0.1, 0.15) is 41.3 Å². The standard InChI is InChI=1S/C27H23ClF3NO5/c1-15-24(25(33)18-6-8-19(28)9-7-18)22-11-10-21(37-27(29,30)31)13-23(22)32(15)14-17-4-3-5-20(12-17)36-16(2)26(34)35/h3-13,15-16,24H,14H2,1-2H3,(H,34,35)/t15?,16-,24?/m1/s1. The van der Waals surface area contributed by atoms with Gasteiger partial charge in [-0.2, -0.15) is 0 Å². The quantitative estimate of drug-likeness (QED) is 0.335. The number of fused-ring (bicyclic) bond motifs is 1. The second-order valence-corrected chi connectivity index (χ2v) is 9.17. The summed E-state index contributed by atoms with van der Waals surface area (Å²) < 4.78 is 48.4. The van der Waals surface area contributed by atoms with Gasteiger partial charge in [-0.1, -0.05) is 29.8 Å². The van der Waals surface area contributed by atoms with Crippen LogP contribution < -0.4 is 14.4 Å². The van der Waals surface area contributed by atoms with Crippen molar-refractivity contribution in [1.29, 1.82) is 0 Å². The molecular weight excluding hydrogens is 511 g/mol.